The number of anilines is 2. The highest BCUT2D eigenvalue weighted by Gasteiger charge is 2.19. The van der Waals surface area contributed by atoms with Gasteiger partial charge in [0.15, 0.2) is 0 Å². The summed E-state index contributed by atoms with van der Waals surface area (Å²) in [6.07, 6.45) is 2.47. The zero-order valence-corrected chi connectivity index (χ0v) is 10.8. The van der Waals surface area contributed by atoms with Gasteiger partial charge < -0.3 is 4.90 Å². The molecule has 0 spiro atoms. The maximum absolute atomic E-state index is 2.47. The van der Waals surface area contributed by atoms with Gasteiger partial charge in [-0.1, -0.05) is 43.3 Å². The van der Waals surface area contributed by atoms with Gasteiger partial charge >= 0.3 is 0 Å². The van der Waals surface area contributed by atoms with Crippen molar-refractivity contribution in [2.75, 3.05) is 11.4 Å². The third kappa shape index (κ3) is 2.13. The summed E-state index contributed by atoms with van der Waals surface area (Å²) in [5.74, 6) is 0.734. The monoisotopic (exact) mass is 237 g/mol. The minimum atomic E-state index is 0.734. The number of para-hydroxylation sites is 2. The molecule has 1 aliphatic rings. The Bertz CT molecular complexity index is 518. The number of rotatable bonds is 1. The Labute approximate surface area is 109 Å². The molecule has 0 amide bonds. The summed E-state index contributed by atoms with van der Waals surface area (Å²) < 4.78 is 0. The van der Waals surface area contributed by atoms with Crippen molar-refractivity contribution in [3.8, 4) is 0 Å². The number of fused-ring (bicyclic) bond motifs is 1. The molecular formula is C17H19N. The van der Waals surface area contributed by atoms with Gasteiger partial charge in [-0.3, -0.25) is 0 Å². The Morgan fingerprint density at radius 3 is 2.50 bits per heavy atom. The SMILES string of the molecule is CC1CCc2ccccc2N(c2ccccc2)C1. The second kappa shape index (κ2) is 4.85. The van der Waals surface area contributed by atoms with Gasteiger partial charge in [-0.15, -0.1) is 0 Å². The number of aryl methyl sites for hydroxylation is 1. The van der Waals surface area contributed by atoms with E-state index in [2.05, 4.69) is 66.4 Å². The van der Waals surface area contributed by atoms with Crippen molar-refractivity contribution >= 4 is 11.4 Å². The molecule has 0 saturated carbocycles. The van der Waals surface area contributed by atoms with Crippen LogP contribution in [0.2, 0.25) is 0 Å². The molecule has 0 aliphatic carbocycles. The van der Waals surface area contributed by atoms with Crippen LogP contribution in [0.25, 0.3) is 0 Å². The molecule has 0 N–H and O–H groups in total. The van der Waals surface area contributed by atoms with Crippen LogP contribution < -0.4 is 4.90 Å². The summed E-state index contributed by atoms with van der Waals surface area (Å²) in [5, 5.41) is 0. The Kier molecular flexibility index (Phi) is 3.06. The predicted molar refractivity (Wildman–Crippen MR) is 77.4 cm³/mol. The fourth-order valence-electron chi connectivity index (χ4n) is 2.74. The van der Waals surface area contributed by atoms with Crippen LogP contribution in [0.1, 0.15) is 18.9 Å². The summed E-state index contributed by atoms with van der Waals surface area (Å²) in [4.78, 5) is 2.47. The lowest BCUT2D eigenvalue weighted by atomic mass is 10.0. The first-order valence-corrected chi connectivity index (χ1v) is 6.75. The van der Waals surface area contributed by atoms with Gasteiger partial charge in [-0.05, 0) is 42.5 Å². The highest BCUT2D eigenvalue weighted by Crippen LogP contribution is 2.33. The Hall–Kier alpha value is -1.76. The summed E-state index contributed by atoms with van der Waals surface area (Å²) >= 11 is 0. The smallest absolute Gasteiger partial charge is 0.0443 e. The van der Waals surface area contributed by atoms with Gasteiger partial charge in [-0.2, -0.15) is 0 Å². The van der Waals surface area contributed by atoms with Crippen molar-refractivity contribution in [2.24, 2.45) is 5.92 Å². The molecule has 0 aromatic heterocycles. The second-order valence-electron chi connectivity index (χ2n) is 5.22. The number of nitrogens with zero attached hydrogens (tertiary/aromatic N) is 1. The van der Waals surface area contributed by atoms with Gasteiger partial charge in [0, 0.05) is 17.9 Å². The Morgan fingerprint density at radius 2 is 1.67 bits per heavy atom. The number of benzene rings is 2. The van der Waals surface area contributed by atoms with Gasteiger partial charge in [0.2, 0.25) is 0 Å². The van der Waals surface area contributed by atoms with Gasteiger partial charge in [0.05, 0.1) is 0 Å². The lowest BCUT2D eigenvalue weighted by Crippen LogP contribution is -2.22. The van der Waals surface area contributed by atoms with Crippen LogP contribution in [-0.4, -0.2) is 6.54 Å². The van der Waals surface area contributed by atoms with E-state index in [1.807, 2.05) is 0 Å². The molecule has 2 aromatic carbocycles. The van der Waals surface area contributed by atoms with Crippen LogP contribution in [0.5, 0.6) is 0 Å². The third-order valence-corrected chi connectivity index (χ3v) is 3.75. The van der Waals surface area contributed by atoms with E-state index in [9.17, 15) is 0 Å². The Balaban J connectivity index is 2.07. The van der Waals surface area contributed by atoms with E-state index in [0.29, 0.717) is 0 Å². The fraction of sp³-hybridized carbons (Fsp3) is 0.294. The minimum absolute atomic E-state index is 0.734. The normalized spacial score (nSPS) is 19.2. The molecule has 1 unspecified atom stereocenters. The van der Waals surface area contributed by atoms with Gasteiger partial charge in [-0.25, -0.2) is 0 Å². The molecular weight excluding hydrogens is 218 g/mol. The Morgan fingerprint density at radius 1 is 0.944 bits per heavy atom. The molecule has 92 valence electrons. The lowest BCUT2D eigenvalue weighted by Gasteiger charge is -2.26. The summed E-state index contributed by atoms with van der Waals surface area (Å²) in [7, 11) is 0. The average Bonchev–Trinajstić information content (AvgIpc) is 2.60. The van der Waals surface area contributed by atoms with E-state index < -0.39 is 0 Å². The van der Waals surface area contributed by atoms with Crippen molar-refractivity contribution in [3.63, 3.8) is 0 Å². The highest BCUT2D eigenvalue weighted by molar-refractivity contribution is 5.67. The first-order chi connectivity index (χ1) is 8.84. The highest BCUT2D eigenvalue weighted by atomic mass is 15.1. The third-order valence-electron chi connectivity index (χ3n) is 3.75. The van der Waals surface area contributed by atoms with Crippen LogP contribution >= 0.6 is 0 Å². The van der Waals surface area contributed by atoms with Crippen molar-refractivity contribution in [1.29, 1.82) is 0 Å². The van der Waals surface area contributed by atoms with E-state index in [4.69, 9.17) is 0 Å². The van der Waals surface area contributed by atoms with Gasteiger partial charge in [0.25, 0.3) is 0 Å². The van der Waals surface area contributed by atoms with Crippen LogP contribution in [0.15, 0.2) is 54.6 Å². The van der Waals surface area contributed by atoms with E-state index in [0.717, 1.165) is 12.5 Å². The van der Waals surface area contributed by atoms with E-state index >= 15 is 0 Å². The van der Waals surface area contributed by atoms with Crippen LogP contribution in [-0.2, 0) is 6.42 Å². The van der Waals surface area contributed by atoms with Crippen LogP contribution in [0, 0.1) is 5.92 Å². The molecule has 0 bridgehead atoms. The standard InChI is InChI=1S/C17H19N/c1-14-11-12-15-7-5-6-10-17(15)18(13-14)16-8-3-2-4-9-16/h2-10,14H,11-13H2,1H3. The van der Waals surface area contributed by atoms with Crippen LogP contribution in [0.3, 0.4) is 0 Å². The minimum Gasteiger partial charge on any atom is -0.341 e. The second-order valence-corrected chi connectivity index (χ2v) is 5.22. The zero-order valence-electron chi connectivity index (χ0n) is 10.8. The molecule has 3 rings (SSSR count). The van der Waals surface area contributed by atoms with Crippen molar-refractivity contribution in [2.45, 2.75) is 19.8 Å². The molecule has 18 heavy (non-hydrogen) atoms. The topological polar surface area (TPSA) is 3.24 Å². The van der Waals surface area contributed by atoms with Gasteiger partial charge in [0.1, 0.15) is 0 Å². The lowest BCUT2D eigenvalue weighted by molar-refractivity contribution is 0.553. The first kappa shape index (κ1) is 11.3. The molecule has 1 heteroatoms. The van der Waals surface area contributed by atoms with E-state index in [1.54, 1.807) is 0 Å². The summed E-state index contributed by atoms with van der Waals surface area (Å²) in [5.41, 5.74) is 4.16. The molecule has 0 radical (unpaired) electrons. The quantitative estimate of drug-likeness (QED) is 0.710. The first-order valence-electron chi connectivity index (χ1n) is 6.75. The molecule has 2 aromatic rings. The molecule has 1 nitrogen and oxygen atoms in total. The largest absolute Gasteiger partial charge is 0.341 e. The fourth-order valence-corrected chi connectivity index (χ4v) is 2.74. The van der Waals surface area contributed by atoms with E-state index in [1.165, 1.54) is 29.8 Å². The van der Waals surface area contributed by atoms with E-state index in [-0.39, 0.29) is 0 Å². The molecule has 0 saturated heterocycles. The summed E-state index contributed by atoms with van der Waals surface area (Å²) in [6, 6.07) is 19.5. The number of hydrogen-bond acceptors (Lipinski definition) is 1. The average molecular weight is 237 g/mol. The maximum Gasteiger partial charge on any atom is 0.0443 e. The molecule has 1 aliphatic heterocycles. The predicted octanol–water partition coefficient (Wildman–Crippen LogP) is 4.41. The van der Waals surface area contributed by atoms with Crippen molar-refractivity contribution in [3.05, 3.63) is 60.2 Å². The molecule has 1 heterocycles. The van der Waals surface area contributed by atoms with Crippen molar-refractivity contribution in [1.82, 2.24) is 0 Å². The summed E-state index contributed by atoms with van der Waals surface area (Å²) in [6.45, 7) is 3.46. The van der Waals surface area contributed by atoms with Crippen LogP contribution in [0.4, 0.5) is 11.4 Å². The maximum atomic E-state index is 2.47. The number of hydrogen-bond donors (Lipinski definition) is 0. The molecule has 1 atom stereocenters. The molecule has 0 fully saturated rings. The zero-order chi connectivity index (χ0) is 12.4. The van der Waals surface area contributed by atoms with Crippen molar-refractivity contribution < 1.29 is 0 Å².